The first-order chi connectivity index (χ1) is 14.1. The van der Waals surface area contributed by atoms with Crippen LogP contribution in [0.3, 0.4) is 0 Å². The molecule has 1 atom stereocenters. The van der Waals surface area contributed by atoms with Gasteiger partial charge >= 0.3 is 0 Å². The molecule has 0 saturated heterocycles. The topological polar surface area (TPSA) is 79.5 Å². The molecule has 0 bridgehead atoms. The van der Waals surface area contributed by atoms with Gasteiger partial charge in [-0.15, -0.1) is 0 Å². The molecule has 0 aliphatic carbocycles. The molecule has 0 radical (unpaired) electrons. The van der Waals surface area contributed by atoms with Crippen molar-refractivity contribution in [3.63, 3.8) is 0 Å². The summed E-state index contributed by atoms with van der Waals surface area (Å²) in [7, 11) is 0. The Morgan fingerprint density at radius 3 is 2.52 bits per heavy atom. The average molecular weight is 405 g/mol. The molecule has 3 aromatic rings. The van der Waals surface area contributed by atoms with Gasteiger partial charge in [0.2, 0.25) is 0 Å². The molecule has 1 aliphatic rings. The lowest BCUT2D eigenvalue weighted by Gasteiger charge is -2.23. The van der Waals surface area contributed by atoms with Crippen molar-refractivity contribution in [2.24, 2.45) is 0 Å². The van der Waals surface area contributed by atoms with Gasteiger partial charge in [0.15, 0.2) is 6.10 Å². The van der Waals surface area contributed by atoms with Gasteiger partial charge < -0.3 is 20.1 Å². The molecule has 1 unspecified atom stereocenters. The summed E-state index contributed by atoms with van der Waals surface area (Å²) in [5.41, 5.74) is 2.64. The van der Waals surface area contributed by atoms with Crippen molar-refractivity contribution in [1.29, 1.82) is 0 Å². The maximum atomic E-state index is 12.6. The van der Waals surface area contributed by atoms with E-state index in [0.717, 1.165) is 10.6 Å². The molecule has 4 rings (SSSR count). The molecule has 29 heavy (non-hydrogen) atoms. The van der Waals surface area contributed by atoms with E-state index in [1.165, 1.54) is 11.9 Å². The number of nitrogens with one attached hydrogen (secondary N) is 3. The van der Waals surface area contributed by atoms with Crippen molar-refractivity contribution in [3.05, 3.63) is 78.4 Å². The van der Waals surface area contributed by atoms with E-state index in [2.05, 4.69) is 15.4 Å². The number of carbonyl (C=O) groups excluding carboxylic acids is 2. The largest absolute Gasteiger partial charge is 0.479 e. The number of fused-ring (bicyclic) bond motifs is 1. The van der Waals surface area contributed by atoms with Gasteiger partial charge in [-0.1, -0.05) is 18.2 Å². The number of benzene rings is 3. The Bertz CT molecular complexity index is 1040. The van der Waals surface area contributed by atoms with Gasteiger partial charge in [-0.3, -0.25) is 9.59 Å². The fraction of sp³-hybridized carbons (Fsp3) is 0.0909. The second-order valence-corrected chi connectivity index (χ2v) is 7.39. The first-order valence-corrected chi connectivity index (χ1v) is 9.91. The molecule has 3 N–H and O–H groups in total. The summed E-state index contributed by atoms with van der Waals surface area (Å²) in [6.07, 6.45) is -0.546. The molecule has 0 saturated carbocycles. The SMILES string of the molecule is CC1Oc2ccc(C(=O)Nc3ccc(SNc4ccccc4)cc3)cc2NC1=O. The zero-order valence-electron chi connectivity index (χ0n) is 15.6. The summed E-state index contributed by atoms with van der Waals surface area (Å²) in [6, 6.07) is 22.4. The number of rotatable bonds is 5. The highest BCUT2D eigenvalue weighted by atomic mass is 32.2. The molecule has 0 spiro atoms. The first-order valence-electron chi connectivity index (χ1n) is 9.09. The summed E-state index contributed by atoms with van der Waals surface area (Å²) in [4.78, 5) is 25.3. The Morgan fingerprint density at radius 1 is 1.00 bits per heavy atom. The summed E-state index contributed by atoms with van der Waals surface area (Å²) >= 11 is 1.50. The van der Waals surface area contributed by atoms with Crippen LogP contribution in [0, 0.1) is 0 Å². The minimum atomic E-state index is -0.546. The van der Waals surface area contributed by atoms with Crippen LogP contribution in [0.2, 0.25) is 0 Å². The molecule has 2 amide bonds. The molecule has 0 fully saturated rings. The lowest BCUT2D eigenvalue weighted by molar-refractivity contribution is -0.122. The zero-order valence-corrected chi connectivity index (χ0v) is 16.5. The Balaban J connectivity index is 1.38. The third-order valence-electron chi connectivity index (χ3n) is 4.35. The summed E-state index contributed by atoms with van der Waals surface area (Å²) < 4.78 is 8.78. The van der Waals surface area contributed by atoms with Crippen LogP contribution >= 0.6 is 11.9 Å². The van der Waals surface area contributed by atoms with Crippen LogP contribution in [0.15, 0.2) is 77.7 Å². The molecular weight excluding hydrogens is 386 g/mol. The highest BCUT2D eigenvalue weighted by Crippen LogP contribution is 2.30. The third-order valence-corrected chi connectivity index (χ3v) is 5.19. The summed E-state index contributed by atoms with van der Waals surface area (Å²) in [5.74, 6) is 0.0664. The van der Waals surface area contributed by atoms with E-state index in [4.69, 9.17) is 4.74 Å². The predicted molar refractivity (Wildman–Crippen MR) is 115 cm³/mol. The van der Waals surface area contributed by atoms with Crippen LogP contribution < -0.4 is 20.1 Å². The van der Waals surface area contributed by atoms with Gasteiger partial charge in [-0.2, -0.15) is 0 Å². The number of ether oxygens (including phenoxy) is 1. The van der Waals surface area contributed by atoms with E-state index in [-0.39, 0.29) is 11.8 Å². The number of hydrogen-bond donors (Lipinski definition) is 3. The van der Waals surface area contributed by atoms with Crippen LogP contribution in [0.4, 0.5) is 17.1 Å². The second-order valence-electron chi connectivity index (χ2n) is 6.51. The van der Waals surface area contributed by atoms with E-state index in [9.17, 15) is 9.59 Å². The van der Waals surface area contributed by atoms with Crippen LogP contribution in [0.5, 0.6) is 5.75 Å². The number of para-hydroxylation sites is 1. The monoisotopic (exact) mass is 405 g/mol. The van der Waals surface area contributed by atoms with Gasteiger partial charge in [0, 0.05) is 21.8 Å². The van der Waals surface area contributed by atoms with Crippen LogP contribution in [0.25, 0.3) is 0 Å². The maximum Gasteiger partial charge on any atom is 0.265 e. The van der Waals surface area contributed by atoms with E-state index in [1.54, 1.807) is 25.1 Å². The van der Waals surface area contributed by atoms with Gasteiger partial charge in [-0.05, 0) is 73.5 Å². The Morgan fingerprint density at radius 2 is 1.76 bits per heavy atom. The molecule has 7 heteroatoms. The van der Waals surface area contributed by atoms with Crippen molar-refractivity contribution < 1.29 is 14.3 Å². The standard InChI is InChI=1S/C22H19N3O3S/c1-14-21(26)24-19-13-15(7-12-20(19)28-14)22(27)23-16-8-10-18(11-9-16)29-25-17-5-3-2-4-6-17/h2-14,25H,1H3,(H,23,27)(H,24,26). The van der Waals surface area contributed by atoms with Crippen molar-refractivity contribution in [2.45, 2.75) is 17.9 Å². The van der Waals surface area contributed by atoms with E-state index in [1.807, 2.05) is 54.6 Å². The zero-order chi connectivity index (χ0) is 20.2. The van der Waals surface area contributed by atoms with Gasteiger partial charge in [0.1, 0.15) is 5.75 Å². The van der Waals surface area contributed by atoms with E-state index in [0.29, 0.717) is 22.7 Å². The lowest BCUT2D eigenvalue weighted by atomic mass is 10.1. The Labute approximate surface area is 172 Å². The maximum absolute atomic E-state index is 12.6. The number of amides is 2. The minimum absolute atomic E-state index is 0.229. The predicted octanol–water partition coefficient (Wildman–Crippen LogP) is 4.78. The highest BCUT2D eigenvalue weighted by Gasteiger charge is 2.24. The van der Waals surface area contributed by atoms with Crippen LogP contribution in [-0.4, -0.2) is 17.9 Å². The molecule has 1 aliphatic heterocycles. The molecule has 1 heterocycles. The fourth-order valence-corrected chi connectivity index (χ4v) is 3.43. The van der Waals surface area contributed by atoms with Gasteiger partial charge in [0.25, 0.3) is 11.8 Å². The van der Waals surface area contributed by atoms with Crippen molar-refractivity contribution >= 4 is 40.8 Å². The summed E-state index contributed by atoms with van der Waals surface area (Å²) in [6.45, 7) is 1.68. The van der Waals surface area contributed by atoms with Crippen molar-refractivity contribution in [1.82, 2.24) is 0 Å². The minimum Gasteiger partial charge on any atom is -0.479 e. The van der Waals surface area contributed by atoms with Crippen molar-refractivity contribution in [2.75, 3.05) is 15.4 Å². The smallest absolute Gasteiger partial charge is 0.265 e. The Kier molecular flexibility index (Phi) is 5.39. The summed E-state index contributed by atoms with van der Waals surface area (Å²) in [5, 5.41) is 5.61. The first kappa shape index (κ1) is 18.9. The lowest BCUT2D eigenvalue weighted by Crippen LogP contribution is -2.34. The fourth-order valence-electron chi connectivity index (χ4n) is 2.78. The normalized spacial score (nSPS) is 14.9. The molecule has 6 nitrogen and oxygen atoms in total. The van der Waals surface area contributed by atoms with Crippen LogP contribution in [-0.2, 0) is 4.79 Å². The van der Waals surface area contributed by atoms with Gasteiger partial charge in [0.05, 0.1) is 5.69 Å². The van der Waals surface area contributed by atoms with Crippen LogP contribution in [0.1, 0.15) is 17.3 Å². The Hall–Kier alpha value is -3.45. The van der Waals surface area contributed by atoms with Crippen molar-refractivity contribution in [3.8, 4) is 5.75 Å². The highest BCUT2D eigenvalue weighted by molar-refractivity contribution is 8.00. The van der Waals surface area contributed by atoms with E-state index < -0.39 is 6.10 Å². The molecule has 146 valence electrons. The third kappa shape index (κ3) is 4.52. The number of anilines is 3. The number of hydrogen-bond acceptors (Lipinski definition) is 5. The second kappa shape index (κ2) is 8.28. The number of carbonyl (C=O) groups is 2. The average Bonchev–Trinajstić information content (AvgIpc) is 2.74. The van der Waals surface area contributed by atoms with Gasteiger partial charge in [-0.25, -0.2) is 0 Å². The molecule has 0 aromatic heterocycles. The van der Waals surface area contributed by atoms with E-state index >= 15 is 0 Å². The molecule has 3 aromatic carbocycles. The quantitative estimate of drug-likeness (QED) is 0.533. The molecular formula is C22H19N3O3S.